The van der Waals surface area contributed by atoms with Crippen LogP contribution < -0.4 is 20.7 Å². The van der Waals surface area contributed by atoms with E-state index in [2.05, 4.69) is 155 Å². The Morgan fingerprint density at radius 1 is 0.542 bits per heavy atom. The fourth-order valence-corrected chi connectivity index (χ4v) is 12.4. The Bertz CT molecular complexity index is 2340. The van der Waals surface area contributed by atoms with Crippen molar-refractivity contribution in [2.75, 3.05) is 0 Å². The minimum atomic E-state index is -3.14. The number of rotatable bonds is 6. The summed E-state index contributed by atoms with van der Waals surface area (Å²) in [5.74, 6) is 0. The molecular weight excluding hydrogens is 599 g/mol. The second-order valence-electron chi connectivity index (χ2n) is 11.9. The fourth-order valence-electron chi connectivity index (χ4n) is 7.45. The molecule has 0 saturated heterocycles. The van der Waals surface area contributed by atoms with Gasteiger partial charge >= 0.3 is 0 Å². The lowest BCUT2D eigenvalue weighted by atomic mass is 10.00. The van der Waals surface area contributed by atoms with E-state index in [1.54, 1.807) is 0 Å². The van der Waals surface area contributed by atoms with Crippen LogP contribution >= 0.6 is 0 Å². The first kappa shape index (κ1) is 29.0. The van der Waals surface area contributed by atoms with Gasteiger partial charge in [-0.1, -0.05) is 146 Å². The predicted octanol–water partition coefficient (Wildman–Crippen LogP) is 8.25. The molecule has 0 radical (unpaired) electrons. The van der Waals surface area contributed by atoms with Crippen LogP contribution in [0.3, 0.4) is 0 Å². The van der Waals surface area contributed by atoms with E-state index in [1.165, 1.54) is 10.8 Å². The maximum Gasteiger partial charge on any atom is 0.189 e. The van der Waals surface area contributed by atoms with E-state index in [9.17, 15) is 5.26 Å². The molecule has 7 aromatic carbocycles. The van der Waals surface area contributed by atoms with Gasteiger partial charge in [-0.3, -0.25) is 0 Å². The quantitative estimate of drug-likeness (QED) is 0.104. The highest BCUT2D eigenvalue weighted by atomic mass is 28.3. The van der Waals surface area contributed by atoms with Crippen molar-refractivity contribution in [1.29, 1.82) is 5.26 Å². The van der Waals surface area contributed by atoms with E-state index >= 15 is 0 Å². The molecule has 0 fully saturated rings. The molecule has 0 N–H and O–H groups in total. The van der Waals surface area contributed by atoms with Gasteiger partial charge in [-0.15, -0.1) is 0 Å². The number of nitrogens with zero attached hydrogens (tertiary/aromatic N) is 3. The Hall–Kier alpha value is -6.46. The van der Waals surface area contributed by atoms with Crippen LogP contribution in [-0.2, 0) is 0 Å². The Balaban J connectivity index is 1.45. The summed E-state index contributed by atoms with van der Waals surface area (Å²) in [6.45, 7) is 8.62. The third kappa shape index (κ3) is 4.48. The van der Waals surface area contributed by atoms with Gasteiger partial charge in [0.2, 0.25) is 0 Å². The Labute approximate surface area is 281 Å². The SMILES string of the molecule is [C-]#[N+]c1cc(-c2ccccc2-n2c3ccccc3c3ccccc32)cc(C#N)c1[Si](c1ccccc1)(c1ccccc1)c1ccccc1. The van der Waals surface area contributed by atoms with Crippen molar-refractivity contribution in [1.82, 2.24) is 4.57 Å². The molecule has 0 unspecified atom stereocenters. The molecule has 0 amide bonds. The van der Waals surface area contributed by atoms with Gasteiger partial charge in [-0.25, -0.2) is 4.85 Å². The highest BCUT2D eigenvalue weighted by molar-refractivity contribution is 7.20. The molecule has 3 nitrogen and oxygen atoms in total. The van der Waals surface area contributed by atoms with Gasteiger partial charge in [-0.05, 0) is 56.6 Å². The summed E-state index contributed by atoms with van der Waals surface area (Å²) in [5, 5.41) is 17.6. The number of hydrogen-bond acceptors (Lipinski definition) is 1. The molecule has 8 aromatic rings. The Kier molecular flexibility index (Phi) is 7.27. The third-order valence-corrected chi connectivity index (χ3v) is 14.3. The lowest BCUT2D eigenvalue weighted by molar-refractivity contribution is 1.18. The normalized spacial score (nSPS) is 11.3. The molecule has 0 bridgehead atoms. The molecule has 0 spiro atoms. The van der Waals surface area contributed by atoms with Crippen molar-refractivity contribution >= 4 is 56.3 Å². The molecule has 4 heteroatoms. The highest BCUT2D eigenvalue weighted by Crippen LogP contribution is 2.37. The zero-order valence-electron chi connectivity index (χ0n) is 26.1. The largest absolute Gasteiger partial charge is 0.309 e. The Morgan fingerprint density at radius 3 is 1.50 bits per heavy atom. The topological polar surface area (TPSA) is 33.1 Å². The summed E-state index contributed by atoms with van der Waals surface area (Å²) < 4.78 is 2.30. The van der Waals surface area contributed by atoms with Gasteiger partial charge in [0, 0.05) is 21.9 Å². The van der Waals surface area contributed by atoms with Crippen LogP contribution in [0.1, 0.15) is 5.56 Å². The molecule has 1 aromatic heterocycles. The summed E-state index contributed by atoms with van der Waals surface area (Å²) in [6, 6.07) is 63.2. The van der Waals surface area contributed by atoms with Crippen LogP contribution in [0.15, 0.2) is 176 Å². The molecule has 0 atom stereocenters. The second-order valence-corrected chi connectivity index (χ2v) is 15.6. The first-order chi connectivity index (χ1) is 23.8. The molecule has 224 valence electrons. The first-order valence-electron chi connectivity index (χ1n) is 16.0. The van der Waals surface area contributed by atoms with E-state index in [0.29, 0.717) is 11.3 Å². The van der Waals surface area contributed by atoms with E-state index < -0.39 is 8.07 Å². The summed E-state index contributed by atoms with van der Waals surface area (Å²) in [4.78, 5) is 4.23. The maximum absolute atomic E-state index is 11.0. The molecule has 1 heterocycles. The average Bonchev–Trinajstić information content (AvgIpc) is 3.50. The van der Waals surface area contributed by atoms with E-state index in [1.807, 2.05) is 36.4 Å². The van der Waals surface area contributed by atoms with E-state index in [4.69, 9.17) is 6.57 Å². The Morgan fingerprint density at radius 2 is 1.00 bits per heavy atom. The molecule has 8 rings (SSSR count). The van der Waals surface area contributed by atoms with Crippen LogP contribution in [0.2, 0.25) is 0 Å². The number of fused-ring (bicyclic) bond motifs is 3. The molecule has 0 aliphatic carbocycles. The second kappa shape index (κ2) is 12.0. The van der Waals surface area contributed by atoms with Crippen LogP contribution in [0.5, 0.6) is 0 Å². The van der Waals surface area contributed by atoms with Gasteiger partial charge in [0.25, 0.3) is 0 Å². The van der Waals surface area contributed by atoms with Crippen LogP contribution in [0.25, 0.3) is 43.5 Å². The fraction of sp³-hybridized carbons (Fsp3) is 0. The first-order valence-corrected chi connectivity index (χ1v) is 18.0. The predicted molar refractivity (Wildman–Crippen MR) is 201 cm³/mol. The van der Waals surface area contributed by atoms with Gasteiger partial charge in [-0.2, -0.15) is 5.26 Å². The summed E-state index contributed by atoms with van der Waals surface area (Å²) in [6.07, 6.45) is 0. The smallest absolute Gasteiger partial charge is 0.189 e. The molecule has 48 heavy (non-hydrogen) atoms. The molecule has 0 saturated carbocycles. The van der Waals surface area contributed by atoms with Gasteiger partial charge in [0.1, 0.15) is 0 Å². The number of nitriles is 1. The van der Waals surface area contributed by atoms with Crippen molar-refractivity contribution in [2.45, 2.75) is 0 Å². The molecular formula is C44H29N3Si. The van der Waals surface area contributed by atoms with Gasteiger partial charge in [0.15, 0.2) is 13.8 Å². The van der Waals surface area contributed by atoms with Gasteiger partial charge in [0.05, 0.1) is 29.4 Å². The highest BCUT2D eigenvalue weighted by Gasteiger charge is 2.44. The maximum atomic E-state index is 11.0. The van der Waals surface area contributed by atoms with Crippen molar-refractivity contribution in [3.63, 3.8) is 0 Å². The number of benzene rings is 7. The lowest BCUT2D eigenvalue weighted by Gasteiger charge is -2.36. The zero-order chi connectivity index (χ0) is 32.5. The van der Waals surface area contributed by atoms with Crippen molar-refractivity contribution in [2.24, 2.45) is 0 Å². The van der Waals surface area contributed by atoms with E-state index in [0.717, 1.165) is 48.6 Å². The van der Waals surface area contributed by atoms with Crippen LogP contribution in [-0.4, -0.2) is 12.6 Å². The van der Waals surface area contributed by atoms with Crippen LogP contribution in [0, 0.1) is 17.9 Å². The van der Waals surface area contributed by atoms with Crippen LogP contribution in [0.4, 0.5) is 5.69 Å². The third-order valence-electron chi connectivity index (χ3n) is 9.39. The summed E-state index contributed by atoms with van der Waals surface area (Å²) in [7, 11) is -3.14. The average molecular weight is 628 g/mol. The molecule has 0 aliphatic rings. The summed E-state index contributed by atoms with van der Waals surface area (Å²) in [5.41, 5.74) is 6.05. The van der Waals surface area contributed by atoms with E-state index in [-0.39, 0.29) is 0 Å². The minimum absolute atomic E-state index is 0.504. The number of hydrogen-bond donors (Lipinski definition) is 0. The summed E-state index contributed by atoms with van der Waals surface area (Å²) >= 11 is 0. The van der Waals surface area contributed by atoms with Gasteiger partial charge < -0.3 is 4.57 Å². The monoisotopic (exact) mass is 627 g/mol. The van der Waals surface area contributed by atoms with Crippen molar-refractivity contribution in [3.8, 4) is 22.9 Å². The zero-order valence-corrected chi connectivity index (χ0v) is 27.1. The lowest BCUT2D eigenvalue weighted by Crippen LogP contribution is -2.75. The number of aromatic nitrogens is 1. The molecule has 0 aliphatic heterocycles. The standard InChI is InChI=1S/C44H29N3Si/c1-46-40-30-32(37-23-11-14-26-41(37)47-42-27-15-12-24-38(42)39-25-13-16-28-43(39)47)29-33(31-45)44(40)48(34-17-5-2-6-18-34,35-19-7-3-8-20-35)36-21-9-4-10-22-36/h2-30H. The van der Waals surface area contributed by atoms with Crippen molar-refractivity contribution in [3.05, 3.63) is 193 Å². The van der Waals surface area contributed by atoms with Crippen molar-refractivity contribution < 1.29 is 0 Å². The number of para-hydroxylation sites is 3. The minimum Gasteiger partial charge on any atom is -0.309 e.